The van der Waals surface area contributed by atoms with Gasteiger partial charge in [0, 0.05) is 18.3 Å². The van der Waals surface area contributed by atoms with Crippen molar-refractivity contribution in [3.05, 3.63) is 35.9 Å². The first-order chi connectivity index (χ1) is 11.8. The van der Waals surface area contributed by atoms with Gasteiger partial charge in [-0.15, -0.1) is 24.0 Å². The fraction of sp³-hybridized carbons (Fsp3) is 0.611. The normalized spacial score (nSPS) is 18.5. The Balaban J connectivity index is 0.00000312. The highest BCUT2D eigenvalue weighted by Gasteiger charge is 2.15. The summed E-state index contributed by atoms with van der Waals surface area (Å²) in [4.78, 5) is 4.46. The average molecular weight is 479 g/mol. The molecule has 1 fully saturated rings. The summed E-state index contributed by atoms with van der Waals surface area (Å²) in [6, 6.07) is 9.97. The van der Waals surface area contributed by atoms with Gasteiger partial charge in [0.1, 0.15) is 0 Å². The molecule has 1 saturated heterocycles. The zero-order valence-electron chi connectivity index (χ0n) is 14.8. The minimum atomic E-state index is -0.593. The maximum absolute atomic E-state index is 10.0. The molecule has 0 spiro atoms. The van der Waals surface area contributed by atoms with E-state index >= 15 is 0 Å². The lowest BCUT2D eigenvalue weighted by Crippen LogP contribution is -2.40. The summed E-state index contributed by atoms with van der Waals surface area (Å²) in [5.41, 5.74) is 1.11. The summed E-state index contributed by atoms with van der Waals surface area (Å²) in [6.07, 6.45) is 1.99. The highest BCUT2D eigenvalue weighted by atomic mass is 127. The summed E-state index contributed by atoms with van der Waals surface area (Å²) in [5.74, 6) is 2.03. The number of aliphatic hydroxyl groups is 1. The molecule has 0 radical (unpaired) electrons. The Bertz CT molecular complexity index is 484. The summed E-state index contributed by atoms with van der Waals surface area (Å²) in [6.45, 7) is 4.92. The third-order valence-corrected chi connectivity index (χ3v) is 5.15. The van der Waals surface area contributed by atoms with Crippen LogP contribution >= 0.6 is 35.7 Å². The first-order valence-electron chi connectivity index (χ1n) is 8.71. The van der Waals surface area contributed by atoms with Crippen LogP contribution in [0, 0.1) is 0 Å². The van der Waals surface area contributed by atoms with Crippen LogP contribution in [0.5, 0.6) is 0 Å². The first-order valence-corrected chi connectivity index (χ1v) is 9.76. The van der Waals surface area contributed by atoms with E-state index in [4.69, 9.17) is 4.74 Å². The third kappa shape index (κ3) is 9.67. The highest BCUT2D eigenvalue weighted by Crippen LogP contribution is 2.25. The SMILES string of the molecule is CCNC(=NCC(O)COCc1ccccc1)NCC1CCCS1.I. The predicted octanol–water partition coefficient (Wildman–Crippen LogP) is 2.63. The molecular weight excluding hydrogens is 449 g/mol. The quantitative estimate of drug-likeness (QED) is 0.289. The van der Waals surface area contributed by atoms with Crippen LogP contribution in [-0.4, -0.2) is 54.4 Å². The number of aliphatic imine (C=N–C) groups is 1. The summed E-state index contributed by atoms with van der Waals surface area (Å²) >= 11 is 2.02. The predicted molar refractivity (Wildman–Crippen MR) is 117 cm³/mol. The van der Waals surface area contributed by atoms with Crippen molar-refractivity contribution in [3.63, 3.8) is 0 Å². The van der Waals surface area contributed by atoms with Crippen molar-refractivity contribution in [1.29, 1.82) is 0 Å². The summed E-state index contributed by atoms with van der Waals surface area (Å²) < 4.78 is 5.55. The van der Waals surface area contributed by atoms with Crippen molar-refractivity contribution in [2.45, 2.75) is 37.7 Å². The van der Waals surface area contributed by atoms with E-state index in [-0.39, 0.29) is 30.6 Å². The van der Waals surface area contributed by atoms with Crippen LogP contribution in [0.2, 0.25) is 0 Å². The van der Waals surface area contributed by atoms with Crippen molar-refractivity contribution in [2.24, 2.45) is 4.99 Å². The van der Waals surface area contributed by atoms with Crippen LogP contribution in [0.15, 0.2) is 35.3 Å². The van der Waals surface area contributed by atoms with Crippen molar-refractivity contribution in [2.75, 3.05) is 32.0 Å². The number of hydrogen-bond acceptors (Lipinski definition) is 4. The van der Waals surface area contributed by atoms with Crippen molar-refractivity contribution in [3.8, 4) is 0 Å². The number of benzene rings is 1. The minimum absolute atomic E-state index is 0. The minimum Gasteiger partial charge on any atom is -0.389 e. The second kappa shape index (κ2) is 13.7. The second-order valence-electron chi connectivity index (χ2n) is 5.89. The molecule has 1 heterocycles. The third-order valence-electron chi connectivity index (χ3n) is 3.75. The van der Waals surface area contributed by atoms with Crippen LogP contribution in [0.25, 0.3) is 0 Å². The van der Waals surface area contributed by atoms with Crippen molar-refractivity contribution in [1.82, 2.24) is 10.6 Å². The molecule has 2 unspecified atom stereocenters. The molecular formula is C18H30IN3O2S. The molecule has 0 bridgehead atoms. The number of nitrogens with one attached hydrogen (secondary N) is 2. The average Bonchev–Trinajstić information content (AvgIpc) is 3.12. The van der Waals surface area contributed by atoms with E-state index in [0.717, 1.165) is 24.6 Å². The van der Waals surface area contributed by atoms with Gasteiger partial charge in [0.2, 0.25) is 0 Å². The molecule has 1 aromatic carbocycles. The lowest BCUT2D eigenvalue weighted by Gasteiger charge is -2.15. The number of nitrogens with zero attached hydrogens (tertiary/aromatic N) is 1. The molecule has 2 rings (SSSR count). The largest absolute Gasteiger partial charge is 0.389 e. The van der Waals surface area contributed by atoms with Gasteiger partial charge in [-0.25, -0.2) is 0 Å². The number of thioether (sulfide) groups is 1. The number of ether oxygens (including phenoxy) is 1. The van der Waals surface area contributed by atoms with E-state index in [2.05, 4.69) is 15.6 Å². The van der Waals surface area contributed by atoms with E-state index in [9.17, 15) is 5.11 Å². The molecule has 0 amide bonds. The summed E-state index contributed by atoms with van der Waals surface area (Å²) in [7, 11) is 0. The van der Waals surface area contributed by atoms with Gasteiger partial charge in [-0.05, 0) is 31.1 Å². The molecule has 1 aliphatic rings. The van der Waals surface area contributed by atoms with Crippen molar-refractivity contribution < 1.29 is 9.84 Å². The molecule has 142 valence electrons. The van der Waals surface area contributed by atoms with E-state index in [1.807, 2.05) is 49.0 Å². The van der Waals surface area contributed by atoms with Gasteiger partial charge in [-0.3, -0.25) is 4.99 Å². The highest BCUT2D eigenvalue weighted by molar-refractivity contribution is 14.0. The lowest BCUT2D eigenvalue weighted by atomic mass is 10.2. The molecule has 3 N–H and O–H groups in total. The first kappa shape index (κ1) is 22.5. The summed E-state index contributed by atoms with van der Waals surface area (Å²) in [5, 5.41) is 17.3. The molecule has 0 saturated carbocycles. The Morgan fingerprint density at radius 2 is 2.16 bits per heavy atom. The topological polar surface area (TPSA) is 65.9 Å². The molecule has 7 heteroatoms. The van der Waals surface area contributed by atoms with Gasteiger partial charge < -0.3 is 20.5 Å². The van der Waals surface area contributed by atoms with Crippen LogP contribution in [0.4, 0.5) is 0 Å². The molecule has 0 aliphatic carbocycles. The van der Waals surface area contributed by atoms with Crippen molar-refractivity contribution >= 4 is 41.7 Å². The number of guanidine groups is 1. The van der Waals surface area contributed by atoms with Gasteiger partial charge in [-0.1, -0.05) is 30.3 Å². The Kier molecular flexibility index (Phi) is 12.3. The number of aliphatic hydroxyl groups excluding tert-OH is 1. The van der Waals surface area contributed by atoms with E-state index in [1.54, 1.807) is 0 Å². The Hall–Kier alpha value is -0.510. The Labute approximate surface area is 172 Å². The Morgan fingerprint density at radius 3 is 2.84 bits per heavy atom. The number of halogens is 1. The van der Waals surface area contributed by atoms with Crippen LogP contribution < -0.4 is 10.6 Å². The molecule has 1 aliphatic heterocycles. The molecule has 25 heavy (non-hydrogen) atoms. The maximum Gasteiger partial charge on any atom is 0.191 e. The van der Waals surface area contributed by atoms with Gasteiger partial charge in [-0.2, -0.15) is 11.8 Å². The van der Waals surface area contributed by atoms with Crippen LogP contribution in [0.1, 0.15) is 25.3 Å². The second-order valence-corrected chi connectivity index (χ2v) is 7.30. The van der Waals surface area contributed by atoms with E-state index in [0.29, 0.717) is 18.4 Å². The van der Waals surface area contributed by atoms with Crippen LogP contribution in [0.3, 0.4) is 0 Å². The maximum atomic E-state index is 10.0. The number of rotatable bonds is 9. The van der Waals surface area contributed by atoms with Gasteiger partial charge >= 0.3 is 0 Å². The fourth-order valence-electron chi connectivity index (χ4n) is 2.49. The zero-order valence-corrected chi connectivity index (χ0v) is 18.0. The lowest BCUT2D eigenvalue weighted by molar-refractivity contribution is 0.0331. The van der Waals surface area contributed by atoms with Gasteiger partial charge in [0.05, 0.1) is 25.9 Å². The van der Waals surface area contributed by atoms with Crippen LogP contribution in [-0.2, 0) is 11.3 Å². The molecule has 2 atom stereocenters. The van der Waals surface area contributed by atoms with Gasteiger partial charge in [0.25, 0.3) is 0 Å². The number of hydrogen-bond donors (Lipinski definition) is 3. The molecule has 1 aromatic rings. The molecule has 0 aromatic heterocycles. The fourth-order valence-corrected chi connectivity index (χ4v) is 3.70. The Morgan fingerprint density at radius 1 is 1.36 bits per heavy atom. The van der Waals surface area contributed by atoms with E-state index < -0.39 is 6.10 Å². The van der Waals surface area contributed by atoms with E-state index in [1.165, 1.54) is 18.6 Å². The monoisotopic (exact) mass is 479 g/mol. The molecule has 5 nitrogen and oxygen atoms in total. The zero-order chi connectivity index (χ0) is 17.0. The van der Waals surface area contributed by atoms with Gasteiger partial charge in [0.15, 0.2) is 5.96 Å². The standard InChI is InChI=1S/C18H29N3O2S.HI/c1-2-19-18(21-12-17-9-6-10-24-17)20-11-16(22)14-23-13-15-7-4-3-5-8-15;/h3-5,7-8,16-17,22H,2,6,9-14H2,1H3,(H2,19,20,21);1H. The smallest absolute Gasteiger partial charge is 0.191 e.